The highest BCUT2D eigenvalue weighted by Gasteiger charge is 2.08. The van der Waals surface area contributed by atoms with Crippen LogP contribution < -0.4 is 5.32 Å². The van der Waals surface area contributed by atoms with Crippen molar-refractivity contribution in [1.29, 1.82) is 5.26 Å². The van der Waals surface area contributed by atoms with Gasteiger partial charge in [-0.05, 0) is 31.0 Å². The van der Waals surface area contributed by atoms with Gasteiger partial charge in [0.05, 0.1) is 6.07 Å². The van der Waals surface area contributed by atoms with E-state index in [2.05, 4.69) is 21.2 Å². The molecule has 1 aromatic carbocycles. The van der Waals surface area contributed by atoms with Crippen molar-refractivity contribution >= 4 is 27.5 Å². The second-order valence-electron chi connectivity index (χ2n) is 3.25. The maximum atomic E-state index is 11.3. The summed E-state index contributed by atoms with van der Waals surface area (Å²) >= 11 is 3.39. The Morgan fingerprint density at radius 3 is 2.80 bits per heavy atom. The molecule has 0 radical (unpaired) electrons. The van der Waals surface area contributed by atoms with Gasteiger partial charge in [-0.2, -0.15) is 5.26 Å². The summed E-state index contributed by atoms with van der Waals surface area (Å²) in [6, 6.07) is 5.67. The summed E-state index contributed by atoms with van der Waals surface area (Å²) in [5.74, 6) is -0.276. The summed E-state index contributed by atoms with van der Waals surface area (Å²) in [6.07, 6.45) is -0.120. The molecular weight excluding hydrogens is 256 g/mol. The van der Waals surface area contributed by atoms with Crippen molar-refractivity contribution in [3.05, 3.63) is 27.7 Å². The summed E-state index contributed by atoms with van der Waals surface area (Å²) in [6.45, 7) is 3.83. The van der Waals surface area contributed by atoms with Gasteiger partial charge in [-0.3, -0.25) is 4.79 Å². The van der Waals surface area contributed by atoms with Gasteiger partial charge in [-0.1, -0.05) is 22.0 Å². The maximum Gasteiger partial charge on any atom is 0.238 e. The van der Waals surface area contributed by atoms with Gasteiger partial charge in [0.15, 0.2) is 0 Å². The summed E-state index contributed by atoms with van der Waals surface area (Å²) in [5, 5.41) is 11.1. The van der Waals surface area contributed by atoms with Crippen LogP contribution >= 0.6 is 15.9 Å². The zero-order chi connectivity index (χ0) is 11.4. The lowest BCUT2D eigenvalue weighted by Crippen LogP contribution is -2.12. The smallest absolute Gasteiger partial charge is 0.238 e. The number of benzene rings is 1. The molecule has 0 aromatic heterocycles. The van der Waals surface area contributed by atoms with Crippen LogP contribution in [0.1, 0.15) is 17.5 Å². The van der Waals surface area contributed by atoms with E-state index in [0.717, 1.165) is 21.3 Å². The zero-order valence-corrected chi connectivity index (χ0v) is 10.2. The molecule has 78 valence electrons. The Hall–Kier alpha value is -1.34. The molecule has 0 bridgehead atoms. The molecule has 4 heteroatoms. The first kappa shape index (κ1) is 11.7. The SMILES string of the molecule is Cc1ccc(Br)c(C)c1NC(=O)CC#N. The molecule has 1 rings (SSSR count). The normalized spacial score (nSPS) is 9.47. The number of hydrogen-bond acceptors (Lipinski definition) is 2. The van der Waals surface area contributed by atoms with Crippen LogP contribution in [0.3, 0.4) is 0 Å². The van der Waals surface area contributed by atoms with Crippen molar-refractivity contribution in [3.63, 3.8) is 0 Å². The fourth-order valence-corrected chi connectivity index (χ4v) is 1.60. The fraction of sp³-hybridized carbons (Fsp3) is 0.273. The predicted molar refractivity (Wildman–Crippen MR) is 62.5 cm³/mol. The number of halogens is 1. The highest BCUT2D eigenvalue weighted by molar-refractivity contribution is 9.10. The molecule has 0 aliphatic rings. The molecule has 1 N–H and O–H groups in total. The quantitative estimate of drug-likeness (QED) is 0.895. The van der Waals surface area contributed by atoms with E-state index in [1.165, 1.54) is 0 Å². The minimum atomic E-state index is -0.276. The standard InChI is InChI=1S/C11H11BrN2O/c1-7-3-4-9(12)8(2)11(7)14-10(15)5-6-13/h3-4H,5H2,1-2H3,(H,14,15). The monoisotopic (exact) mass is 266 g/mol. The van der Waals surface area contributed by atoms with Gasteiger partial charge in [0, 0.05) is 10.2 Å². The minimum absolute atomic E-state index is 0.120. The topological polar surface area (TPSA) is 52.9 Å². The van der Waals surface area contributed by atoms with Crippen LogP contribution in [0.2, 0.25) is 0 Å². The van der Waals surface area contributed by atoms with Gasteiger partial charge in [0.1, 0.15) is 6.42 Å². The molecule has 0 saturated heterocycles. The Morgan fingerprint density at radius 1 is 1.53 bits per heavy atom. The van der Waals surface area contributed by atoms with Crippen LogP contribution in [0.5, 0.6) is 0 Å². The van der Waals surface area contributed by atoms with Crippen LogP contribution in [0.15, 0.2) is 16.6 Å². The van der Waals surface area contributed by atoms with E-state index < -0.39 is 0 Å². The predicted octanol–water partition coefficient (Wildman–Crippen LogP) is 2.92. The van der Waals surface area contributed by atoms with Crippen molar-refractivity contribution < 1.29 is 4.79 Å². The lowest BCUT2D eigenvalue weighted by Gasteiger charge is -2.11. The second kappa shape index (κ2) is 4.94. The van der Waals surface area contributed by atoms with Gasteiger partial charge in [0.2, 0.25) is 5.91 Å². The van der Waals surface area contributed by atoms with E-state index >= 15 is 0 Å². The molecule has 0 fully saturated rings. The Labute approximate surface area is 97.2 Å². The average Bonchev–Trinajstić information content (AvgIpc) is 2.19. The molecule has 0 saturated carbocycles. The van der Waals surface area contributed by atoms with E-state index in [9.17, 15) is 4.79 Å². The first-order chi connectivity index (χ1) is 7.06. The molecule has 0 aliphatic heterocycles. The number of hydrogen-bond donors (Lipinski definition) is 1. The Kier molecular flexibility index (Phi) is 3.87. The molecule has 0 heterocycles. The highest BCUT2D eigenvalue weighted by atomic mass is 79.9. The molecule has 1 aromatic rings. The summed E-state index contributed by atoms with van der Waals surface area (Å²) in [7, 11) is 0. The van der Waals surface area contributed by atoms with Crippen molar-refractivity contribution in [2.45, 2.75) is 20.3 Å². The number of nitrogens with zero attached hydrogens (tertiary/aromatic N) is 1. The Morgan fingerprint density at radius 2 is 2.20 bits per heavy atom. The van der Waals surface area contributed by atoms with Crippen LogP contribution in [0.4, 0.5) is 5.69 Å². The average molecular weight is 267 g/mol. The number of nitrogens with one attached hydrogen (secondary N) is 1. The summed E-state index contributed by atoms with van der Waals surface area (Å²) < 4.78 is 0.945. The van der Waals surface area contributed by atoms with Gasteiger partial charge >= 0.3 is 0 Å². The number of rotatable bonds is 2. The largest absolute Gasteiger partial charge is 0.325 e. The van der Waals surface area contributed by atoms with Crippen LogP contribution in [-0.4, -0.2) is 5.91 Å². The molecule has 3 nitrogen and oxygen atoms in total. The van der Waals surface area contributed by atoms with Gasteiger partial charge < -0.3 is 5.32 Å². The van der Waals surface area contributed by atoms with Crippen molar-refractivity contribution in [2.75, 3.05) is 5.32 Å². The van der Waals surface area contributed by atoms with Crippen LogP contribution in [-0.2, 0) is 4.79 Å². The fourth-order valence-electron chi connectivity index (χ4n) is 1.27. The molecular formula is C11H11BrN2O. The Balaban J connectivity index is 3.00. The molecule has 15 heavy (non-hydrogen) atoms. The van der Waals surface area contributed by atoms with E-state index in [-0.39, 0.29) is 12.3 Å². The van der Waals surface area contributed by atoms with Crippen LogP contribution in [0, 0.1) is 25.2 Å². The zero-order valence-electron chi connectivity index (χ0n) is 8.60. The Bertz CT molecular complexity index is 435. The number of nitriles is 1. The lowest BCUT2D eigenvalue weighted by atomic mass is 10.1. The van der Waals surface area contributed by atoms with Gasteiger partial charge in [0.25, 0.3) is 0 Å². The third kappa shape index (κ3) is 2.80. The van der Waals surface area contributed by atoms with Gasteiger partial charge in [-0.15, -0.1) is 0 Å². The van der Waals surface area contributed by atoms with E-state index in [0.29, 0.717) is 0 Å². The van der Waals surface area contributed by atoms with Gasteiger partial charge in [-0.25, -0.2) is 0 Å². The number of aryl methyl sites for hydroxylation is 1. The number of amides is 1. The second-order valence-corrected chi connectivity index (χ2v) is 4.10. The van der Waals surface area contributed by atoms with E-state index in [1.54, 1.807) is 0 Å². The van der Waals surface area contributed by atoms with Crippen molar-refractivity contribution in [1.82, 2.24) is 0 Å². The molecule has 0 spiro atoms. The number of carbonyl (C=O) groups excluding carboxylic acids is 1. The highest BCUT2D eigenvalue weighted by Crippen LogP contribution is 2.27. The number of carbonyl (C=O) groups is 1. The first-order valence-corrected chi connectivity index (χ1v) is 5.28. The third-order valence-corrected chi connectivity index (χ3v) is 2.97. The first-order valence-electron chi connectivity index (χ1n) is 4.48. The third-order valence-electron chi connectivity index (χ3n) is 2.11. The minimum Gasteiger partial charge on any atom is -0.325 e. The summed E-state index contributed by atoms with van der Waals surface area (Å²) in [5.41, 5.74) is 2.74. The molecule has 1 amide bonds. The van der Waals surface area contributed by atoms with Crippen molar-refractivity contribution in [3.8, 4) is 6.07 Å². The molecule has 0 aliphatic carbocycles. The van der Waals surface area contributed by atoms with E-state index in [1.807, 2.05) is 32.0 Å². The molecule has 0 unspecified atom stereocenters. The summed E-state index contributed by atoms with van der Waals surface area (Å²) in [4.78, 5) is 11.3. The van der Waals surface area contributed by atoms with Crippen molar-refractivity contribution in [2.24, 2.45) is 0 Å². The maximum absolute atomic E-state index is 11.3. The van der Waals surface area contributed by atoms with E-state index in [4.69, 9.17) is 5.26 Å². The lowest BCUT2D eigenvalue weighted by molar-refractivity contribution is -0.115. The molecule has 0 atom stereocenters. The number of anilines is 1. The van der Waals surface area contributed by atoms with Crippen LogP contribution in [0.25, 0.3) is 0 Å².